The number of rotatable bonds is 4. The van der Waals surface area contributed by atoms with Gasteiger partial charge in [0.1, 0.15) is 0 Å². The van der Waals surface area contributed by atoms with E-state index in [4.69, 9.17) is 0 Å². The number of carbonyl (C=O) groups excluding carboxylic acids is 1. The minimum Gasteiger partial charge on any atom is -0.342 e. The number of benzene rings is 2. The molecule has 4 nitrogen and oxygen atoms in total. The maximum absolute atomic E-state index is 13.3. The molecular formula is C24H29N3O. The molecule has 1 aliphatic heterocycles. The van der Waals surface area contributed by atoms with E-state index in [1.54, 1.807) is 0 Å². The second-order valence-electron chi connectivity index (χ2n) is 8.33. The van der Waals surface area contributed by atoms with Crippen molar-refractivity contribution >= 4 is 16.9 Å². The lowest BCUT2D eigenvalue weighted by atomic mass is 9.86. The number of imidazole rings is 1. The number of likely N-dealkylation sites (tertiary alicyclic amines) is 1. The summed E-state index contributed by atoms with van der Waals surface area (Å²) < 4.78 is 2.31. The van der Waals surface area contributed by atoms with Crippen molar-refractivity contribution in [1.29, 1.82) is 0 Å². The summed E-state index contributed by atoms with van der Waals surface area (Å²) in [5.74, 6) is 0.494. The van der Waals surface area contributed by atoms with Crippen molar-refractivity contribution in [3.8, 4) is 0 Å². The summed E-state index contributed by atoms with van der Waals surface area (Å²) in [6.07, 6.45) is 3.92. The van der Waals surface area contributed by atoms with E-state index in [9.17, 15) is 4.79 Å². The summed E-state index contributed by atoms with van der Waals surface area (Å²) in [4.78, 5) is 19.9. The predicted octanol–water partition coefficient (Wildman–Crippen LogP) is 4.95. The Morgan fingerprint density at radius 2 is 1.79 bits per heavy atom. The van der Waals surface area contributed by atoms with E-state index < -0.39 is 0 Å². The first-order chi connectivity index (χ1) is 13.5. The van der Waals surface area contributed by atoms with Gasteiger partial charge in [0, 0.05) is 19.1 Å². The van der Waals surface area contributed by atoms with Crippen LogP contribution in [0.3, 0.4) is 0 Å². The van der Waals surface area contributed by atoms with Gasteiger partial charge in [-0.15, -0.1) is 0 Å². The van der Waals surface area contributed by atoms with Gasteiger partial charge >= 0.3 is 0 Å². The van der Waals surface area contributed by atoms with Crippen molar-refractivity contribution in [3.63, 3.8) is 0 Å². The van der Waals surface area contributed by atoms with Crippen molar-refractivity contribution in [1.82, 2.24) is 14.5 Å². The lowest BCUT2D eigenvalue weighted by molar-refractivity contribution is -0.135. The van der Waals surface area contributed by atoms with Gasteiger partial charge in [-0.05, 0) is 48.9 Å². The average Bonchev–Trinajstić information content (AvgIpc) is 3.12. The lowest BCUT2D eigenvalue weighted by Gasteiger charge is -2.36. The second-order valence-corrected chi connectivity index (χ2v) is 8.33. The van der Waals surface area contributed by atoms with Gasteiger partial charge in [0.2, 0.25) is 5.91 Å². The summed E-state index contributed by atoms with van der Waals surface area (Å²) in [5, 5.41) is 0. The van der Waals surface area contributed by atoms with Crippen molar-refractivity contribution in [3.05, 3.63) is 66.0 Å². The number of aromatic nitrogens is 2. The van der Waals surface area contributed by atoms with Crippen LogP contribution in [0.4, 0.5) is 0 Å². The van der Waals surface area contributed by atoms with E-state index in [2.05, 4.69) is 65.6 Å². The van der Waals surface area contributed by atoms with Gasteiger partial charge in [0.15, 0.2) is 0 Å². The largest absolute Gasteiger partial charge is 0.342 e. The van der Waals surface area contributed by atoms with Crippen molar-refractivity contribution < 1.29 is 4.79 Å². The maximum Gasteiger partial charge on any atom is 0.230 e. The molecule has 2 aromatic carbocycles. The molecule has 1 atom stereocenters. The van der Waals surface area contributed by atoms with Crippen LogP contribution in [-0.4, -0.2) is 33.4 Å². The lowest BCUT2D eigenvalue weighted by Crippen LogP contribution is -2.42. The van der Waals surface area contributed by atoms with Crippen molar-refractivity contribution in [2.45, 2.75) is 45.6 Å². The minimum atomic E-state index is -0.0607. The summed E-state index contributed by atoms with van der Waals surface area (Å²) in [6.45, 7) is 8.02. The Hall–Kier alpha value is -2.62. The van der Waals surface area contributed by atoms with Crippen molar-refractivity contribution in [2.24, 2.45) is 5.92 Å². The predicted molar refractivity (Wildman–Crippen MR) is 113 cm³/mol. The van der Waals surface area contributed by atoms with Crippen LogP contribution in [0, 0.1) is 12.8 Å². The zero-order valence-electron chi connectivity index (χ0n) is 17.0. The topological polar surface area (TPSA) is 38.1 Å². The Morgan fingerprint density at radius 1 is 1.07 bits per heavy atom. The monoisotopic (exact) mass is 375 g/mol. The van der Waals surface area contributed by atoms with Crippen LogP contribution in [-0.2, 0) is 4.79 Å². The SMILES string of the molecule is Cc1ccc2ncn(C3CCN(C(=O)[C@@H](c4ccccc4)C(C)C)CC3)c2c1. The van der Waals surface area contributed by atoms with Gasteiger partial charge in [0.25, 0.3) is 0 Å². The summed E-state index contributed by atoms with van der Waals surface area (Å²) in [5.41, 5.74) is 4.63. The molecule has 0 saturated carbocycles. The Bertz CT molecular complexity index is 952. The molecule has 4 heteroatoms. The third-order valence-electron chi connectivity index (χ3n) is 5.99. The van der Waals surface area contributed by atoms with Gasteiger partial charge < -0.3 is 9.47 Å². The smallest absolute Gasteiger partial charge is 0.230 e. The highest BCUT2D eigenvalue weighted by atomic mass is 16.2. The molecule has 0 bridgehead atoms. The van der Waals surface area contributed by atoms with Gasteiger partial charge in [-0.1, -0.05) is 50.2 Å². The molecule has 0 N–H and O–H groups in total. The molecule has 1 saturated heterocycles. The van der Waals surface area contributed by atoms with Gasteiger partial charge in [0.05, 0.1) is 23.3 Å². The van der Waals surface area contributed by atoms with E-state index >= 15 is 0 Å². The number of piperidine rings is 1. The first kappa shape index (κ1) is 18.7. The normalized spacial score (nSPS) is 16.6. The van der Waals surface area contributed by atoms with Crippen LogP contribution in [0.2, 0.25) is 0 Å². The average molecular weight is 376 g/mol. The third kappa shape index (κ3) is 3.56. The second kappa shape index (κ2) is 7.78. The molecule has 0 spiro atoms. The first-order valence-corrected chi connectivity index (χ1v) is 10.3. The maximum atomic E-state index is 13.3. The fraction of sp³-hybridized carbons (Fsp3) is 0.417. The fourth-order valence-corrected chi connectivity index (χ4v) is 4.46. The molecule has 28 heavy (non-hydrogen) atoms. The molecule has 1 amide bonds. The minimum absolute atomic E-state index is 0.0607. The van der Waals surface area contributed by atoms with E-state index in [1.807, 2.05) is 24.5 Å². The Morgan fingerprint density at radius 3 is 2.46 bits per heavy atom. The van der Waals surface area contributed by atoms with Gasteiger partial charge in [-0.25, -0.2) is 4.98 Å². The molecule has 0 unspecified atom stereocenters. The highest BCUT2D eigenvalue weighted by molar-refractivity contribution is 5.84. The number of nitrogens with zero attached hydrogens (tertiary/aromatic N) is 3. The molecule has 1 aromatic heterocycles. The third-order valence-corrected chi connectivity index (χ3v) is 5.99. The molecule has 1 fully saturated rings. The quantitative estimate of drug-likeness (QED) is 0.647. The highest BCUT2D eigenvalue weighted by Crippen LogP contribution is 2.31. The molecular weight excluding hydrogens is 346 g/mol. The van der Waals surface area contributed by atoms with E-state index in [0.29, 0.717) is 6.04 Å². The van der Waals surface area contributed by atoms with Crippen LogP contribution in [0.5, 0.6) is 0 Å². The number of amides is 1. The van der Waals surface area contributed by atoms with E-state index in [1.165, 1.54) is 11.1 Å². The molecule has 0 aliphatic carbocycles. The van der Waals surface area contributed by atoms with Crippen molar-refractivity contribution in [2.75, 3.05) is 13.1 Å². The van der Waals surface area contributed by atoms with Crippen LogP contribution >= 0.6 is 0 Å². The number of fused-ring (bicyclic) bond motifs is 1. The number of hydrogen-bond acceptors (Lipinski definition) is 2. The zero-order valence-corrected chi connectivity index (χ0v) is 17.0. The zero-order chi connectivity index (χ0) is 19.7. The Labute approximate surface area is 167 Å². The molecule has 146 valence electrons. The number of hydrogen-bond donors (Lipinski definition) is 0. The summed E-state index contributed by atoms with van der Waals surface area (Å²) in [6, 6.07) is 17.0. The Kier molecular flexibility index (Phi) is 5.21. The summed E-state index contributed by atoms with van der Waals surface area (Å²) >= 11 is 0. The molecule has 4 rings (SSSR count). The summed E-state index contributed by atoms with van der Waals surface area (Å²) in [7, 11) is 0. The highest BCUT2D eigenvalue weighted by Gasteiger charge is 2.31. The molecule has 3 aromatic rings. The van der Waals surface area contributed by atoms with Crippen LogP contribution in [0.25, 0.3) is 11.0 Å². The van der Waals surface area contributed by atoms with E-state index in [-0.39, 0.29) is 17.7 Å². The first-order valence-electron chi connectivity index (χ1n) is 10.3. The molecule has 0 radical (unpaired) electrons. The van der Waals surface area contributed by atoms with Gasteiger partial charge in [-0.2, -0.15) is 0 Å². The molecule has 1 aliphatic rings. The van der Waals surface area contributed by atoms with E-state index in [0.717, 1.165) is 37.0 Å². The Balaban J connectivity index is 1.48. The number of aryl methyl sites for hydroxylation is 1. The van der Waals surface area contributed by atoms with Gasteiger partial charge in [-0.3, -0.25) is 4.79 Å². The van der Waals surface area contributed by atoms with Crippen LogP contribution in [0.1, 0.15) is 49.8 Å². The molecule has 2 heterocycles. The number of carbonyl (C=O) groups is 1. The fourth-order valence-electron chi connectivity index (χ4n) is 4.46. The van der Waals surface area contributed by atoms with Crippen LogP contribution < -0.4 is 0 Å². The van der Waals surface area contributed by atoms with Crippen LogP contribution in [0.15, 0.2) is 54.9 Å². The standard InChI is InChI=1S/C24H29N3O/c1-17(2)23(19-7-5-4-6-8-19)24(28)26-13-11-20(12-14-26)27-16-25-21-10-9-18(3)15-22(21)27/h4-10,15-17,20,23H,11-14H2,1-3H3/t23-/m1/s1.